The molecular formula is C17H18BrFN4. The fourth-order valence-electron chi connectivity index (χ4n) is 1.83. The van der Waals surface area contributed by atoms with Crippen LogP contribution in [-0.2, 0) is 0 Å². The lowest BCUT2D eigenvalue weighted by atomic mass is 10.1. The zero-order valence-corrected chi connectivity index (χ0v) is 14.8. The number of anilines is 1. The maximum absolute atomic E-state index is 14.1. The molecule has 0 fully saturated rings. The summed E-state index contributed by atoms with van der Waals surface area (Å²) < 4.78 is 14.7. The van der Waals surface area contributed by atoms with Gasteiger partial charge in [0.1, 0.15) is 4.60 Å². The molecule has 1 aromatic carbocycles. The third-order valence-corrected chi connectivity index (χ3v) is 3.63. The highest BCUT2D eigenvalue weighted by molar-refractivity contribution is 9.10. The van der Waals surface area contributed by atoms with Gasteiger partial charge in [0, 0.05) is 12.4 Å². The number of nitrogens with one attached hydrogen (secondary N) is 1. The van der Waals surface area contributed by atoms with Crippen molar-refractivity contribution >= 4 is 27.3 Å². The first kappa shape index (κ1) is 17.1. The van der Waals surface area contributed by atoms with Crippen LogP contribution in [0.3, 0.4) is 0 Å². The second-order valence-electron chi connectivity index (χ2n) is 5.12. The highest BCUT2D eigenvalue weighted by Crippen LogP contribution is 2.17. The molecule has 0 saturated heterocycles. The molecule has 6 heteroatoms. The van der Waals surface area contributed by atoms with Gasteiger partial charge in [0.05, 0.1) is 18.1 Å². The molecule has 2 rings (SSSR count). The van der Waals surface area contributed by atoms with Gasteiger partial charge >= 0.3 is 0 Å². The average molecular weight is 377 g/mol. The molecule has 1 aromatic heterocycles. The average Bonchev–Trinajstić information content (AvgIpc) is 2.55. The highest BCUT2D eigenvalue weighted by Gasteiger charge is 2.08. The van der Waals surface area contributed by atoms with E-state index in [1.807, 2.05) is 20.0 Å². The van der Waals surface area contributed by atoms with Crippen molar-refractivity contribution in [1.82, 2.24) is 15.3 Å². The van der Waals surface area contributed by atoms with E-state index in [0.717, 1.165) is 11.1 Å². The summed E-state index contributed by atoms with van der Waals surface area (Å²) in [6.07, 6.45) is 6.20. The van der Waals surface area contributed by atoms with Gasteiger partial charge in [-0.15, -0.1) is 0 Å². The Morgan fingerprint density at radius 3 is 2.43 bits per heavy atom. The monoisotopic (exact) mass is 376 g/mol. The molecule has 23 heavy (non-hydrogen) atoms. The number of aryl methyl sites for hydroxylation is 1. The van der Waals surface area contributed by atoms with Crippen molar-refractivity contribution in [1.29, 1.82) is 0 Å². The van der Waals surface area contributed by atoms with Gasteiger partial charge in [-0.3, -0.25) is 0 Å². The topological polar surface area (TPSA) is 41.0 Å². The number of aromatic nitrogens is 2. The molecule has 120 valence electrons. The molecule has 0 saturated carbocycles. The maximum atomic E-state index is 14.1. The molecule has 0 amide bonds. The minimum absolute atomic E-state index is 0.128. The second kappa shape index (κ2) is 7.87. The molecule has 0 radical (unpaired) electrons. The normalized spacial score (nSPS) is 12.2. The Hall–Kier alpha value is -2.21. The number of allylic oxidation sites excluding steroid dienone is 2. The fourth-order valence-corrected chi connectivity index (χ4v) is 2.04. The minimum Gasteiger partial charge on any atom is -0.366 e. The summed E-state index contributed by atoms with van der Waals surface area (Å²) in [7, 11) is 0. The second-order valence-corrected chi connectivity index (χ2v) is 5.94. The molecule has 0 atom stereocenters. The van der Waals surface area contributed by atoms with Gasteiger partial charge in [-0.1, -0.05) is 34.3 Å². The number of hydrogen-bond acceptors (Lipinski definition) is 4. The van der Waals surface area contributed by atoms with Gasteiger partial charge in [-0.25, -0.2) is 9.97 Å². The zero-order chi connectivity index (χ0) is 16.8. The molecule has 0 spiro atoms. The molecule has 0 bridgehead atoms. The summed E-state index contributed by atoms with van der Waals surface area (Å²) >= 11 is 3.17. The smallest absolute Gasteiger partial charge is 0.181 e. The summed E-state index contributed by atoms with van der Waals surface area (Å²) in [6, 6.07) is 8.23. The van der Waals surface area contributed by atoms with Crippen LogP contribution in [0.1, 0.15) is 25.0 Å². The Morgan fingerprint density at radius 2 is 1.83 bits per heavy atom. The van der Waals surface area contributed by atoms with Gasteiger partial charge in [0.15, 0.2) is 5.82 Å². The highest BCUT2D eigenvalue weighted by atomic mass is 79.9. The summed E-state index contributed by atoms with van der Waals surface area (Å²) in [5.41, 5.74) is 3.76. The van der Waals surface area contributed by atoms with Crippen LogP contribution in [0.15, 0.2) is 59.4 Å². The van der Waals surface area contributed by atoms with Crippen LogP contribution < -0.4 is 10.4 Å². The van der Waals surface area contributed by atoms with Gasteiger partial charge < -0.3 is 5.32 Å². The van der Waals surface area contributed by atoms with Crippen LogP contribution in [0, 0.1) is 6.92 Å². The number of benzene rings is 1. The minimum atomic E-state index is 0.128. The van der Waals surface area contributed by atoms with Crippen LogP contribution in [0.4, 0.5) is 10.3 Å². The Kier molecular flexibility index (Phi) is 5.87. The molecule has 2 aromatic rings. The van der Waals surface area contributed by atoms with E-state index in [0.29, 0.717) is 15.4 Å². The Morgan fingerprint density at radius 1 is 1.13 bits per heavy atom. The third kappa shape index (κ3) is 4.89. The number of hydrogen-bond donors (Lipinski definition) is 1. The SMILES string of the molecule is C/C(=C\N/C=C(\C)N(F)c1cnc(Br)cn1)c1ccc(C)cc1. The van der Waals surface area contributed by atoms with Crippen LogP contribution in [-0.4, -0.2) is 9.97 Å². The van der Waals surface area contributed by atoms with Crippen LogP contribution in [0.2, 0.25) is 0 Å². The van der Waals surface area contributed by atoms with E-state index in [1.165, 1.54) is 18.0 Å². The van der Waals surface area contributed by atoms with Crippen molar-refractivity contribution in [3.05, 3.63) is 70.5 Å². The number of halogens is 2. The first-order chi connectivity index (χ1) is 11.0. The van der Waals surface area contributed by atoms with E-state index in [1.54, 1.807) is 13.1 Å². The van der Waals surface area contributed by atoms with Gasteiger partial charge in [0.25, 0.3) is 0 Å². The number of rotatable bonds is 5. The molecule has 1 heterocycles. The van der Waals surface area contributed by atoms with E-state index in [9.17, 15) is 4.48 Å². The molecular weight excluding hydrogens is 359 g/mol. The lowest BCUT2D eigenvalue weighted by molar-refractivity contribution is 0.471. The van der Waals surface area contributed by atoms with Crippen molar-refractivity contribution in [2.45, 2.75) is 20.8 Å². The molecule has 0 aliphatic rings. The van der Waals surface area contributed by atoms with E-state index in [4.69, 9.17) is 0 Å². The van der Waals surface area contributed by atoms with E-state index in [2.05, 4.69) is 55.5 Å². The summed E-state index contributed by atoms with van der Waals surface area (Å²) in [6.45, 7) is 5.69. The largest absolute Gasteiger partial charge is 0.366 e. The lowest BCUT2D eigenvalue weighted by Gasteiger charge is -2.12. The van der Waals surface area contributed by atoms with Crippen LogP contribution >= 0.6 is 15.9 Å². The first-order valence-electron chi connectivity index (χ1n) is 7.07. The van der Waals surface area contributed by atoms with Gasteiger partial charge in [0.2, 0.25) is 0 Å². The van der Waals surface area contributed by atoms with Crippen LogP contribution in [0.25, 0.3) is 5.57 Å². The summed E-state index contributed by atoms with van der Waals surface area (Å²) in [5, 5.41) is 3.47. The number of nitrogens with zero attached hydrogens (tertiary/aromatic N) is 3. The van der Waals surface area contributed by atoms with Crippen molar-refractivity contribution in [2.75, 3.05) is 5.12 Å². The maximum Gasteiger partial charge on any atom is 0.181 e. The Balaban J connectivity index is 2.02. The molecule has 0 aliphatic carbocycles. The molecule has 0 unspecified atom stereocenters. The molecule has 0 aliphatic heterocycles. The first-order valence-corrected chi connectivity index (χ1v) is 7.87. The van der Waals surface area contributed by atoms with Crippen LogP contribution in [0.5, 0.6) is 0 Å². The van der Waals surface area contributed by atoms with E-state index in [-0.39, 0.29) is 5.82 Å². The summed E-state index contributed by atoms with van der Waals surface area (Å²) in [4.78, 5) is 7.91. The fraction of sp³-hybridized carbons (Fsp3) is 0.176. The molecule has 1 N–H and O–H groups in total. The molecule has 4 nitrogen and oxygen atoms in total. The Bertz CT molecular complexity index is 708. The predicted octanol–water partition coefficient (Wildman–Crippen LogP) is 4.75. The third-order valence-electron chi connectivity index (χ3n) is 3.22. The van der Waals surface area contributed by atoms with Crippen molar-refractivity contribution in [3.8, 4) is 0 Å². The van der Waals surface area contributed by atoms with Crippen molar-refractivity contribution in [3.63, 3.8) is 0 Å². The van der Waals surface area contributed by atoms with Gasteiger partial charge in [-0.05, 0) is 47.8 Å². The zero-order valence-electron chi connectivity index (χ0n) is 13.2. The van der Waals surface area contributed by atoms with Gasteiger partial charge in [-0.2, -0.15) is 5.12 Å². The van der Waals surface area contributed by atoms with Crippen molar-refractivity contribution in [2.24, 2.45) is 0 Å². The quantitative estimate of drug-likeness (QED) is 0.764. The van der Waals surface area contributed by atoms with Crippen molar-refractivity contribution < 1.29 is 4.48 Å². The Labute approximate surface area is 143 Å². The predicted molar refractivity (Wildman–Crippen MR) is 95.0 cm³/mol. The van der Waals surface area contributed by atoms with E-state index >= 15 is 0 Å². The summed E-state index contributed by atoms with van der Waals surface area (Å²) in [5.74, 6) is 0.128. The van der Waals surface area contributed by atoms with E-state index < -0.39 is 0 Å². The lowest BCUT2D eigenvalue weighted by Crippen LogP contribution is -2.13. The standard InChI is InChI=1S/C17H18BrFN4/c1-12-4-6-15(7-5-12)13(2)8-20-9-14(3)23(19)17-11-21-16(18)10-22-17/h4-11,20H,1-3H3/b13-8+,14-9+.